The van der Waals surface area contributed by atoms with Crippen LogP contribution < -0.4 is 5.32 Å². The molecule has 3 heterocycles. The molecule has 0 bridgehead atoms. The van der Waals surface area contributed by atoms with Gasteiger partial charge in [-0.25, -0.2) is 9.99 Å². The number of guanidine groups is 1. The van der Waals surface area contributed by atoms with E-state index in [1.54, 1.807) is 16.6 Å². The lowest BCUT2D eigenvalue weighted by atomic mass is 10.0. The molecule has 1 N–H and O–H groups in total. The van der Waals surface area contributed by atoms with Gasteiger partial charge >= 0.3 is 10.0 Å². The molecule has 1 atom stereocenters. The standard InChI is InChI=1S/C14H19ClN6O2S2/c1-4-10-8-21(18-9(10)3)13(16-5-2)19-25(22,23)12-11(15)17-14-20(12)6-7-24-14/h6-7,10H,4-5,8H2,1-3H3,(H,16,19). The molecule has 136 valence electrons. The van der Waals surface area contributed by atoms with E-state index in [1.807, 2.05) is 13.8 Å². The lowest BCUT2D eigenvalue weighted by molar-refractivity contribution is 0.426. The maximum atomic E-state index is 12.9. The van der Waals surface area contributed by atoms with Crippen LogP contribution in [0.25, 0.3) is 4.96 Å². The topological polar surface area (TPSA) is 91.4 Å². The SMILES string of the molecule is CCN/C(=N\S(=O)(=O)c1c(Cl)nc2sccn12)N1CC(CC)C(C)=N1. The van der Waals surface area contributed by atoms with Gasteiger partial charge in [-0.05, 0) is 20.3 Å². The van der Waals surface area contributed by atoms with Crippen molar-refractivity contribution in [2.75, 3.05) is 13.1 Å². The average Bonchev–Trinajstić information content (AvgIpc) is 3.20. The van der Waals surface area contributed by atoms with Crippen LogP contribution >= 0.6 is 22.9 Å². The Morgan fingerprint density at radius 1 is 1.52 bits per heavy atom. The van der Waals surface area contributed by atoms with Crippen LogP contribution in [0.3, 0.4) is 0 Å². The first-order chi connectivity index (χ1) is 11.9. The molecule has 0 amide bonds. The first kappa shape index (κ1) is 18.2. The van der Waals surface area contributed by atoms with Crippen LogP contribution in [-0.4, -0.2) is 47.6 Å². The van der Waals surface area contributed by atoms with Crippen molar-refractivity contribution < 1.29 is 8.42 Å². The van der Waals surface area contributed by atoms with Crippen molar-refractivity contribution in [2.24, 2.45) is 15.4 Å². The van der Waals surface area contributed by atoms with E-state index in [-0.39, 0.29) is 22.1 Å². The van der Waals surface area contributed by atoms with E-state index in [0.717, 1.165) is 12.1 Å². The summed E-state index contributed by atoms with van der Waals surface area (Å²) in [5.41, 5.74) is 0.966. The van der Waals surface area contributed by atoms with Gasteiger partial charge in [0.15, 0.2) is 10.1 Å². The van der Waals surface area contributed by atoms with Crippen LogP contribution in [-0.2, 0) is 10.0 Å². The number of aromatic nitrogens is 2. The molecule has 11 heteroatoms. The van der Waals surface area contributed by atoms with Crippen molar-refractivity contribution in [1.29, 1.82) is 0 Å². The number of halogens is 1. The highest BCUT2D eigenvalue weighted by Gasteiger charge is 2.29. The Hall–Kier alpha value is -1.65. The molecule has 0 saturated carbocycles. The molecule has 0 radical (unpaired) electrons. The number of imidazole rings is 1. The Morgan fingerprint density at radius 3 is 2.92 bits per heavy atom. The van der Waals surface area contributed by atoms with E-state index in [2.05, 4.69) is 26.7 Å². The van der Waals surface area contributed by atoms with E-state index in [0.29, 0.717) is 18.1 Å². The van der Waals surface area contributed by atoms with E-state index in [9.17, 15) is 8.42 Å². The summed E-state index contributed by atoms with van der Waals surface area (Å²) in [7, 11) is -4.05. The van der Waals surface area contributed by atoms with Crippen LogP contribution in [0.1, 0.15) is 27.2 Å². The first-order valence-electron chi connectivity index (χ1n) is 7.89. The highest BCUT2D eigenvalue weighted by Crippen LogP contribution is 2.27. The number of hydrogen-bond donors (Lipinski definition) is 1. The molecule has 1 unspecified atom stereocenters. The van der Waals surface area contributed by atoms with E-state index < -0.39 is 10.0 Å². The number of nitrogens with one attached hydrogen (secondary N) is 1. The second-order valence-corrected chi connectivity index (χ2v) is 8.36. The molecule has 1 aliphatic rings. The average molecular weight is 403 g/mol. The van der Waals surface area contributed by atoms with Crippen molar-refractivity contribution in [2.45, 2.75) is 32.2 Å². The molecule has 2 aromatic rings. The zero-order chi connectivity index (χ0) is 18.2. The molecule has 3 rings (SSSR count). The van der Waals surface area contributed by atoms with Crippen LogP contribution in [0, 0.1) is 5.92 Å². The number of rotatable bonds is 4. The summed E-state index contributed by atoms with van der Waals surface area (Å²) in [6, 6.07) is 0. The van der Waals surface area contributed by atoms with Gasteiger partial charge in [0.25, 0.3) is 0 Å². The second kappa shape index (κ2) is 6.93. The van der Waals surface area contributed by atoms with Gasteiger partial charge in [-0.3, -0.25) is 4.40 Å². The van der Waals surface area contributed by atoms with Gasteiger partial charge in [0, 0.05) is 29.8 Å². The molecule has 0 aromatic carbocycles. The molecule has 0 saturated heterocycles. The molecular weight excluding hydrogens is 384 g/mol. The lowest BCUT2D eigenvalue weighted by Gasteiger charge is -2.18. The molecule has 8 nitrogen and oxygen atoms in total. The fraction of sp³-hybridized carbons (Fsp3) is 0.500. The van der Waals surface area contributed by atoms with Gasteiger partial charge in [0.2, 0.25) is 11.0 Å². The van der Waals surface area contributed by atoms with Gasteiger partial charge in [-0.15, -0.1) is 15.7 Å². The highest BCUT2D eigenvalue weighted by molar-refractivity contribution is 7.90. The van der Waals surface area contributed by atoms with E-state index in [4.69, 9.17) is 11.6 Å². The number of fused-ring (bicyclic) bond motifs is 1. The summed E-state index contributed by atoms with van der Waals surface area (Å²) >= 11 is 7.35. The van der Waals surface area contributed by atoms with Crippen LogP contribution in [0.5, 0.6) is 0 Å². The van der Waals surface area contributed by atoms with Crippen molar-refractivity contribution in [3.8, 4) is 0 Å². The van der Waals surface area contributed by atoms with Crippen LogP contribution in [0.15, 0.2) is 26.1 Å². The van der Waals surface area contributed by atoms with E-state index >= 15 is 0 Å². The number of hydrazone groups is 1. The van der Waals surface area contributed by atoms with Crippen LogP contribution in [0.4, 0.5) is 0 Å². The molecule has 0 fully saturated rings. The highest BCUT2D eigenvalue weighted by atomic mass is 35.5. The third-order valence-electron chi connectivity index (χ3n) is 3.96. The van der Waals surface area contributed by atoms with Gasteiger partial charge in [0.1, 0.15) is 0 Å². The van der Waals surface area contributed by atoms with E-state index in [1.165, 1.54) is 15.7 Å². The molecule has 25 heavy (non-hydrogen) atoms. The summed E-state index contributed by atoms with van der Waals surface area (Å²) in [5, 5.41) is 10.6. The third kappa shape index (κ3) is 3.38. The second-order valence-electron chi connectivity index (χ2n) is 5.61. The third-order valence-corrected chi connectivity index (χ3v) is 6.39. The Balaban J connectivity index is 2.03. The smallest absolute Gasteiger partial charge is 0.304 e. The maximum absolute atomic E-state index is 12.9. The number of hydrogen-bond acceptors (Lipinski definition) is 5. The Kier molecular flexibility index (Phi) is 5.03. The largest absolute Gasteiger partial charge is 0.354 e. The summed E-state index contributed by atoms with van der Waals surface area (Å²) < 4.78 is 31.1. The Bertz CT molecular complexity index is 946. The van der Waals surface area contributed by atoms with Gasteiger partial charge in [-0.1, -0.05) is 18.5 Å². The summed E-state index contributed by atoms with van der Waals surface area (Å²) in [6.45, 7) is 7.00. The van der Waals surface area contributed by atoms with Gasteiger partial charge in [0.05, 0.1) is 6.54 Å². The number of thiazole rings is 1. The minimum Gasteiger partial charge on any atom is -0.354 e. The lowest BCUT2D eigenvalue weighted by Crippen LogP contribution is -2.38. The zero-order valence-electron chi connectivity index (χ0n) is 14.1. The Morgan fingerprint density at radius 2 is 2.28 bits per heavy atom. The normalized spacial score (nSPS) is 18.9. The minimum atomic E-state index is -4.05. The zero-order valence-corrected chi connectivity index (χ0v) is 16.5. The van der Waals surface area contributed by atoms with Crippen molar-refractivity contribution >= 4 is 49.6 Å². The summed E-state index contributed by atoms with van der Waals surface area (Å²) in [5.74, 6) is 0.479. The fourth-order valence-electron chi connectivity index (χ4n) is 2.67. The quantitative estimate of drug-likeness (QED) is 0.626. The molecule has 2 aromatic heterocycles. The van der Waals surface area contributed by atoms with Gasteiger partial charge < -0.3 is 5.32 Å². The van der Waals surface area contributed by atoms with Crippen molar-refractivity contribution in [1.82, 2.24) is 19.7 Å². The van der Waals surface area contributed by atoms with Crippen LogP contribution in [0.2, 0.25) is 5.15 Å². The molecule has 1 aliphatic heterocycles. The molecule has 0 aliphatic carbocycles. The predicted molar refractivity (Wildman–Crippen MR) is 100.0 cm³/mol. The van der Waals surface area contributed by atoms with Crippen molar-refractivity contribution in [3.63, 3.8) is 0 Å². The molecular formula is C14H19ClN6O2S2. The predicted octanol–water partition coefficient (Wildman–Crippen LogP) is 2.42. The first-order valence-corrected chi connectivity index (χ1v) is 10.6. The summed E-state index contributed by atoms with van der Waals surface area (Å²) in [6.07, 6.45) is 2.54. The Labute approximate surface area is 155 Å². The fourth-order valence-corrected chi connectivity index (χ4v) is 5.08. The minimum absolute atomic E-state index is 0.0843. The molecule has 0 spiro atoms. The van der Waals surface area contributed by atoms with Gasteiger partial charge in [-0.2, -0.15) is 13.5 Å². The number of sulfonamides is 1. The summed E-state index contributed by atoms with van der Waals surface area (Å²) in [4.78, 5) is 4.57. The monoisotopic (exact) mass is 402 g/mol. The maximum Gasteiger partial charge on any atom is 0.304 e. The van der Waals surface area contributed by atoms with Crippen molar-refractivity contribution in [3.05, 3.63) is 16.7 Å². The number of nitrogens with zero attached hydrogens (tertiary/aromatic N) is 5.